The number of rotatable bonds is 7. The first-order valence-electron chi connectivity index (χ1n) is 10.1. The molecule has 3 amide bonds. The summed E-state index contributed by atoms with van der Waals surface area (Å²) in [5.41, 5.74) is 0.598. The minimum Gasteiger partial charge on any atom is -0.497 e. The number of anilines is 1. The van der Waals surface area contributed by atoms with Gasteiger partial charge in [-0.15, -0.1) is 0 Å². The lowest BCUT2D eigenvalue weighted by atomic mass is 10.1. The molecule has 1 saturated carbocycles. The van der Waals surface area contributed by atoms with Gasteiger partial charge in [0.1, 0.15) is 17.5 Å². The van der Waals surface area contributed by atoms with E-state index in [-0.39, 0.29) is 36.7 Å². The van der Waals surface area contributed by atoms with Crippen LogP contribution in [0.5, 0.6) is 11.5 Å². The summed E-state index contributed by atoms with van der Waals surface area (Å²) in [5, 5.41) is 5.74. The molecule has 1 aromatic carbocycles. The first-order chi connectivity index (χ1) is 13.9. The summed E-state index contributed by atoms with van der Waals surface area (Å²) in [7, 11) is 3.08. The Bertz CT molecular complexity index is 776. The van der Waals surface area contributed by atoms with Gasteiger partial charge in [0.15, 0.2) is 0 Å². The first kappa shape index (κ1) is 21.0. The Labute approximate surface area is 170 Å². The number of carbonyl (C=O) groups is 3. The van der Waals surface area contributed by atoms with Crippen LogP contribution in [0.15, 0.2) is 18.2 Å². The number of nitrogens with one attached hydrogen (secondary N) is 2. The van der Waals surface area contributed by atoms with Crippen molar-refractivity contribution in [1.29, 1.82) is 0 Å². The van der Waals surface area contributed by atoms with Gasteiger partial charge < -0.3 is 25.0 Å². The fourth-order valence-corrected chi connectivity index (χ4v) is 3.92. The van der Waals surface area contributed by atoms with Crippen molar-refractivity contribution >= 4 is 23.4 Å². The fraction of sp³-hybridized carbons (Fsp3) is 0.571. The quantitative estimate of drug-likeness (QED) is 0.721. The van der Waals surface area contributed by atoms with Gasteiger partial charge in [-0.3, -0.25) is 14.4 Å². The summed E-state index contributed by atoms with van der Waals surface area (Å²) < 4.78 is 10.6. The van der Waals surface area contributed by atoms with Gasteiger partial charge in [-0.1, -0.05) is 12.8 Å². The van der Waals surface area contributed by atoms with E-state index in [0.29, 0.717) is 17.2 Å². The molecule has 1 saturated heterocycles. The number of ether oxygens (including phenoxy) is 2. The van der Waals surface area contributed by atoms with E-state index in [2.05, 4.69) is 10.6 Å². The zero-order valence-electron chi connectivity index (χ0n) is 17.2. The van der Waals surface area contributed by atoms with Crippen molar-refractivity contribution in [3.8, 4) is 11.5 Å². The summed E-state index contributed by atoms with van der Waals surface area (Å²) in [4.78, 5) is 39.1. The van der Waals surface area contributed by atoms with Crippen molar-refractivity contribution in [3.63, 3.8) is 0 Å². The topological polar surface area (TPSA) is 97.0 Å². The maximum atomic E-state index is 12.7. The molecule has 2 aliphatic rings. The van der Waals surface area contributed by atoms with Gasteiger partial charge >= 0.3 is 0 Å². The molecular weight excluding hydrogens is 374 g/mol. The maximum absolute atomic E-state index is 12.7. The normalized spacial score (nSPS) is 20.4. The molecular formula is C21H29N3O5. The van der Waals surface area contributed by atoms with Crippen LogP contribution in [0.1, 0.15) is 39.0 Å². The van der Waals surface area contributed by atoms with E-state index in [1.54, 1.807) is 37.1 Å². The molecule has 2 unspecified atom stereocenters. The molecule has 2 atom stereocenters. The molecule has 0 radical (unpaired) electrons. The van der Waals surface area contributed by atoms with E-state index in [9.17, 15) is 14.4 Å². The second-order valence-corrected chi connectivity index (χ2v) is 7.66. The molecule has 8 heteroatoms. The van der Waals surface area contributed by atoms with Crippen LogP contribution in [0.2, 0.25) is 0 Å². The monoisotopic (exact) mass is 403 g/mol. The highest BCUT2D eigenvalue weighted by Crippen LogP contribution is 2.35. The molecule has 0 bridgehead atoms. The molecule has 3 rings (SSSR count). The Morgan fingerprint density at radius 2 is 1.90 bits per heavy atom. The zero-order valence-corrected chi connectivity index (χ0v) is 17.2. The fourth-order valence-electron chi connectivity index (χ4n) is 3.92. The van der Waals surface area contributed by atoms with Gasteiger partial charge in [-0.2, -0.15) is 0 Å². The molecule has 0 aromatic heterocycles. The summed E-state index contributed by atoms with van der Waals surface area (Å²) >= 11 is 0. The molecule has 1 heterocycles. The Hall–Kier alpha value is -2.77. The van der Waals surface area contributed by atoms with Crippen LogP contribution in [0.25, 0.3) is 0 Å². The van der Waals surface area contributed by atoms with Crippen LogP contribution in [0, 0.1) is 5.92 Å². The van der Waals surface area contributed by atoms with Crippen molar-refractivity contribution < 1.29 is 23.9 Å². The highest BCUT2D eigenvalue weighted by atomic mass is 16.5. The second kappa shape index (κ2) is 9.15. The predicted molar refractivity (Wildman–Crippen MR) is 108 cm³/mol. The molecule has 1 aromatic rings. The van der Waals surface area contributed by atoms with Crippen LogP contribution in [-0.4, -0.2) is 50.6 Å². The Morgan fingerprint density at radius 3 is 2.55 bits per heavy atom. The smallest absolute Gasteiger partial charge is 0.242 e. The minimum absolute atomic E-state index is 0.0952. The van der Waals surface area contributed by atoms with Crippen molar-refractivity contribution in [3.05, 3.63) is 18.2 Å². The molecule has 1 aliphatic heterocycles. The largest absolute Gasteiger partial charge is 0.497 e. The van der Waals surface area contributed by atoms with Crippen LogP contribution < -0.4 is 25.0 Å². The number of nitrogens with zero attached hydrogens (tertiary/aromatic N) is 1. The van der Waals surface area contributed by atoms with E-state index >= 15 is 0 Å². The Balaban J connectivity index is 1.60. The SMILES string of the molecule is COc1ccc(N2CC(C(=O)NC(C)C(=O)NC3CCCC3)CC2=O)c(OC)c1. The molecule has 2 N–H and O–H groups in total. The van der Waals surface area contributed by atoms with Gasteiger partial charge in [-0.25, -0.2) is 0 Å². The lowest BCUT2D eigenvalue weighted by molar-refractivity contribution is -0.131. The van der Waals surface area contributed by atoms with E-state index in [0.717, 1.165) is 25.7 Å². The third kappa shape index (κ3) is 4.81. The molecule has 158 valence electrons. The summed E-state index contributed by atoms with van der Waals surface area (Å²) in [6, 6.07) is 4.75. The van der Waals surface area contributed by atoms with Gasteiger partial charge in [0.25, 0.3) is 0 Å². The maximum Gasteiger partial charge on any atom is 0.242 e. The van der Waals surface area contributed by atoms with E-state index in [1.165, 1.54) is 7.11 Å². The van der Waals surface area contributed by atoms with Gasteiger partial charge in [0.05, 0.1) is 25.8 Å². The number of methoxy groups -OCH3 is 2. The van der Waals surface area contributed by atoms with Crippen LogP contribution in [0.4, 0.5) is 5.69 Å². The van der Waals surface area contributed by atoms with Crippen LogP contribution >= 0.6 is 0 Å². The van der Waals surface area contributed by atoms with Gasteiger partial charge in [-0.05, 0) is 31.9 Å². The highest BCUT2D eigenvalue weighted by Gasteiger charge is 2.37. The molecule has 1 aliphatic carbocycles. The number of hydrogen-bond donors (Lipinski definition) is 2. The van der Waals surface area contributed by atoms with Crippen molar-refractivity contribution in [2.45, 2.75) is 51.1 Å². The van der Waals surface area contributed by atoms with Crippen molar-refractivity contribution in [2.24, 2.45) is 5.92 Å². The average molecular weight is 403 g/mol. The van der Waals surface area contributed by atoms with Crippen LogP contribution in [0.3, 0.4) is 0 Å². The Morgan fingerprint density at radius 1 is 1.17 bits per heavy atom. The highest BCUT2D eigenvalue weighted by molar-refractivity contribution is 6.02. The molecule has 29 heavy (non-hydrogen) atoms. The number of carbonyl (C=O) groups excluding carboxylic acids is 3. The third-order valence-corrected chi connectivity index (χ3v) is 5.63. The van der Waals surface area contributed by atoms with E-state index in [4.69, 9.17) is 9.47 Å². The number of hydrogen-bond acceptors (Lipinski definition) is 5. The van der Waals surface area contributed by atoms with Crippen molar-refractivity contribution in [1.82, 2.24) is 10.6 Å². The van der Waals surface area contributed by atoms with Gasteiger partial charge in [0.2, 0.25) is 17.7 Å². The predicted octanol–water partition coefficient (Wildman–Crippen LogP) is 1.62. The lowest BCUT2D eigenvalue weighted by Gasteiger charge is -2.21. The first-order valence-corrected chi connectivity index (χ1v) is 10.1. The van der Waals surface area contributed by atoms with Gasteiger partial charge in [0, 0.05) is 25.1 Å². The molecule has 0 spiro atoms. The number of amides is 3. The van der Waals surface area contributed by atoms with E-state index < -0.39 is 12.0 Å². The minimum atomic E-state index is -0.636. The molecule has 2 fully saturated rings. The Kier molecular flexibility index (Phi) is 6.61. The zero-order chi connectivity index (χ0) is 21.0. The summed E-state index contributed by atoms with van der Waals surface area (Å²) in [6.45, 7) is 1.91. The standard InChI is InChI=1S/C21H29N3O5/c1-13(20(26)23-15-6-4-5-7-15)22-21(27)14-10-19(25)24(12-14)17-9-8-16(28-2)11-18(17)29-3/h8-9,11,13-15H,4-7,10,12H2,1-3H3,(H,22,27)(H,23,26). The lowest BCUT2D eigenvalue weighted by Crippen LogP contribution is -2.49. The summed E-state index contributed by atoms with van der Waals surface area (Å²) in [6.07, 6.45) is 4.32. The average Bonchev–Trinajstić information content (AvgIpc) is 3.36. The van der Waals surface area contributed by atoms with Crippen LogP contribution in [-0.2, 0) is 14.4 Å². The van der Waals surface area contributed by atoms with Crippen molar-refractivity contribution in [2.75, 3.05) is 25.7 Å². The van der Waals surface area contributed by atoms with E-state index in [1.807, 2.05) is 0 Å². The molecule has 8 nitrogen and oxygen atoms in total. The third-order valence-electron chi connectivity index (χ3n) is 5.63. The number of benzene rings is 1. The second-order valence-electron chi connectivity index (χ2n) is 7.66. The summed E-state index contributed by atoms with van der Waals surface area (Å²) in [5.74, 6) is -0.0184.